The average molecular weight is 524 g/mol. The number of imidazole rings is 1. The fraction of sp³-hybridized carbons (Fsp3) is 0.323. The number of aromatic nitrogens is 2. The number of rotatable bonds is 8. The number of fused-ring (bicyclic) bond motifs is 2. The van der Waals surface area contributed by atoms with Crippen LogP contribution in [0, 0.1) is 0 Å². The molecule has 2 amide bonds. The SMILES string of the molecule is CCCNC(=O)COc1ccc(-c2nc3ccc(N4Cc5cc(N6CCCCC6)ccc5C4=O)cc3[nH]2)cc1. The molecule has 3 heterocycles. The van der Waals surface area contributed by atoms with Gasteiger partial charge < -0.3 is 24.8 Å². The highest BCUT2D eigenvalue weighted by atomic mass is 16.5. The molecular weight excluding hydrogens is 490 g/mol. The molecule has 0 atom stereocenters. The van der Waals surface area contributed by atoms with Gasteiger partial charge in [0.25, 0.3) is 11.8 Å². The number of carbonyl (C=O) groups excluding carboxylic acids is 2. The van der Waals surface area contributed by atoms with E-state index in [9.17, 15) is 9.59 Å². The lowest BCUT2D eigenvalue weighted by Crippen LogP contribution is -2.29. The van der Waals surface area contributed by atoms with Gasteiger partial charge in [0, 0.05) is 42.1 Å². The molecule has 1 saturated heterocycles. The monoisotopic (exact) mass is 523 g/mol. The van der Waals surface area contributed by atoms with Crippen molar-refractivity contribution in [3.05, 3.63) is 71.8 Å². The summed E-state index contributed by atoms with van der Waals surface area (Å²) in [4.78, 5) is 37.5. The molecule has 0 unspecified atom stereocenters. The topological polar surface area (TPSA) is 90.6 Å². The molecule has 8 heteroatoms. The van der Waals surface area contributed by atoms with E-state index < -0.39 is 0 Å². The lowest BCUT2D eigenvalue weighted by Gasteiger charge is -2.29. The summed E-state index contributed by atoms with van der Waals surface area (Å²) in [5, 5.41) is 2.80. The second-order valence-corrected chi connectivity index (χ2v) is 10.2. The van der Waals surface area contributed by atoms with Gasteiger partial charge in [-0.1, -0.05) is 6.92 Å². The van der Waals surface area contributed by atoms with Crippen molar-refractivity contribution in [2.75, 3.05) is 36.0 Å². The standard InChI is InChI=1S/C31H33N5O3/c1-2-14-32-29(37)20-39-25-10-6-21(7-11-25)30-33-27-13-9-24(18-28(27)34-30)36-19-22-17-23(8-12-26(22)31(36)38)35-15-4-3-5-16-35/h6-13,17-18H,2-5,14-16,19-20H2,1H3,(H,32,37)(H,33,34). The summed E-state index contributed by atoms with van der Waals surface area (Å²) in [6.45, 7) is 5.39. The number of nitrogens with one attached hydrogen (secondary N) is 2. The first kappa shape index (κ1) is 25.0. The molecule has 0 bridgehead atoms. The first-order valence-corrected chi connectivity index (χ1v) is 13.8. The Hall–Kier alpha value is -4.33. The van der Waals surface area contributed by atoms with Crippen molar-refractivity contribution in [2.45, 2.75) is 39.2 Å². The number of amides is 2. The molecular formula is C31H33N5O3. The Balaban J connectivity index is 1.16. The van der Waals surface area contributed by atoms with Crippen molar-refractivity contribution in [1.29, 1.82) is 0 Å². The molecule has 2 aliphatic heterocycles. The Morgan fingerprint density at radius 3 is 2.59 bits per heavy atom. The molecule has 1 aromatic heterocycles. The number of ether oxygens (including phenoxy) is 1. The lowest BCUT2D eigenvalue weighted by atomic mass is 10.1. The number of H-pyrrole nitrogens is 1. The predicted octanol–water partition coefficient (Wildman–Crippen LogP) is 5.29. The number of carbonyl (C=O) groups is 2. The lowest BCUT2D eigenvalue weighted by molar-refractivity contribution is -0.123. The van der Waals surface area contributed by atoms with Gasteiger partial charge in [0.2, 0.25) is 0 Å². The van der Waals surface area contributed by atoms with Crippen LogP contribution in [0.5, 0.6) is 5.75 Å². The molecule has 2 aliphatic rings. The second kappa shape index (κ2) is 10.8. The van der Waals surface area contributed by atoms with E-state index in [2.05, 4.69) is 27.3 Å². The maximum atomic E-state index is 13.3. The van der Waals surface area contributed by atoms with Gasteiger partial charge in [0.05, 0.1) is 17.6 Å². The highest BCUT2D eigenvalue weighted by Crippen LogP contribution is 2.33. The van der Waals surface area contributed by atoms with Crippen LogP contribution in [0.3, 0.4) is 0 Å². The van der Waals surface area contributed by atoms with E-state index in [4.69, 9.17) is 9.72 Å². The van der Waals surface area contributed by atoms with Crippen molar-refractivity contribution in [1.82, 2.24) is 15.3 Å². The minimum absolute atomic E-state index is 0.00851. The smallest absolute Gasteiger partial charge is 0.258 e. The molecule has 0 spiro atoms. The number of hydrogen-bond donors (Lipinski definition) is 2. The number of benzene rings is 3. The molecule has 6 rings (SSSR count). The number of hydrogen-bond acceptors (Lipinski definition) is 5. The summed E-state index contributed by atoms with van der Waals surface area (Å²) >= 11 is 0. The molecule has 8 nitrogen and oxygen atoms in total. The minimum Gasteiger partial charge on any atom is -0.484 e. The van der Waals surface area contributed by atoms with Crippen LogP contribution in [0.25, 0.3) is 22.4 Å². The van der Waals surface area contributed by atoms with E-state index in [1.807, 2.05) is 60.4 Å². The molecule has 0 radical (unpaired) electrons. The Morgan fingerprint density at radius 2 is 1.79 bits per heavy atom. The second-order valence-electron chi connectivity index (χ2n) is 10.2. The van der Waals surface area contributed by atoms with Crippen molar-refractivity contribution in [3.8, 4) is 17.1 Å². The fourth-order valence-corrected chi connectivity index (χ4v) is 5.34. The van der Waals surface area contributed by atoms with Crippen LogP contribution in [0.2, 0.25) is 0 Å². The number of anilines is 2. The first-order chi connectivity index (χ1) is 19.1. The van der Waals surface area contributed by atoms with Gasteiger partial charge in [-0.2, -0.15) is 0 Å². The van der Waals surface area contributed by atoms with Crippen LogP contribution in [-0.2, 0) is 11.3 Å². The van der Waals surface area contributed by atoms with Gasteiger partial charge in [0.1, 0.15) is 11.6 Å². The van der Waals surface area contributed by atoms with E-state index in [0.717, 1.165) is 58.7 Å². The molecule has 200 valence electrons. The molecule has 4 aromatic rings. The van der Waals surface area contributed by atoms with Crippen LogP contribution in [0.15, 0.2) is 60.7 Å². The zero-order valence-corrected chi connectivity index (χ0v) is 22.2. The van der Waals surface area contributed by atoms with Crippen LogP contribution in [-0.4, -0.2) is 48.0 Å². The predicted molar refractivity (Wildman–Crippen MR) is 153 cm³/mol. The number of nitrogens with zero attached hydrogens (tertiary/aromatic N) is 3. The zero-order chi connectivity index (χ0) is 26.8. The Labute approximate surface area is 228 Å². The highest BCUT2D eigenvalue weighted by molar-refractivity contribution is 6.10. The van der Waals surface area contributed by atoms with Crippen molar-refractivity contribution >= 4 is 34.2 Å². The summed E-state index contributed by atoms with van der Waals surface area (Å²) in [7, 11) is 0. The third-order valence-corrected chi connectivity index (χ3v) is 7.46. The van der Waals surface area contributed by atoms with E-state index >= 15 is 0 Å². The molecule has 2 N–H and O–H groups in total. The highest BCUT2D eigenvalue weighted by Gasteiger charge is 2.29. The molecule has 0 aliphatic carbocycles. The summed E-state index contributed by atoms with van der Waals surface area (Å²) < 4.78 is 5.58. The summed E-state index contributed by atoms with van der Waals surface area (Å²) in [6, 6.07) is 19.7. The Kier molecular flexibility index (Phi) is 6.92. The Bertz CT molecular complexity index is 1500. The normalized spacial score (nSPS) is 15.1. The zero-order valence-electron chi connectivity index (χ0n) is 22.2. The van der Waals surface area contributed by atoms with E-state index in [0.29, 0.717) is 18.8 Å². The molecule has 3 aromatic carbocycles. The van der Waals surface area contributed by atoms with Gasteiger partial charge in [-0.3, -0.25) is 9.59 Å². The largest absolute Gasteiger partial charge is 0.484 e. The van der Waals surface area contributed by atoms with Crippen LogP contribution >= 0.6 is 0 Å². The van der Waals surface area contributed by atoms with Gasteiger partial charge in [-0.25, -0.2) is 4.98 Å². The minimum atomic E-state index is -0.129. The summed E-state index contributed by atoms with van der Waals surface area (Å²) in [5.74, 6) is 1.26. The van der Waals surface area contributed by atoms with Crippen LogP contribution in [0.1, 0.15) is 48.5 Å². The number of piperidine rings is 1. The third-order valence-electron chi connectivity index (χ3n) is 7.46. The number of aromatic amines is 1. The van der Waals surface area contributed by atoms with Crippen molar-refractivity contribution in [3.63, 3.8) is 0 Å². The maximum absolute atomic E-state index is 13.3. The average Bonchev–Trinajstić information content (AvgIpc) is 3.56. The van der Waals surface area contributed by atoms with Crippen LogP contribution in [0.4, 0.5) is 11.4 Å². The molecule has 0 saturated carbocycles. The van der Waals surface area contributed by atoms with E-state index in [-0.39, 0.29) is 18.4 Å². The maximum Gasteiger partial charge on any atom is 0.258 e. The molecule has 1 fully saturated rings. The van der Waals surface area contributed by atoms with E-state index in [1.54, 1.807) is 0 Å². The van der Waals surface area contributed by atoms with E-state index in [1.165, 1.54) is 24.9 Å². The molecule has 39 heavy (non-hydrogen) atoms. The summed E-state index contributed by atoms with van der Waals surface area (Å²) in [5.41, 5.74) is 6.54. The van der Waals surface area contributed by atoms with Crippen molar-refractivity contribution in [2.24, 2.45) is 0 Å². The van der Waals surface area contributed by atoms with Gasteiger partial charge in [-0.15, -0.1) is 0 Å². The summed E-state index contributed by atoms with van der Waals surface area (Å²) in [6.07, 6.45) is 4.64. The van der Waals surface area contributed by atoms with Crippen LogP contribution < -0.4 is 19.9 Å². The van der Waals surface area contributed by atoms with Gasteiger partial charge in [0.15, 0.2) is 6.61 Å². The van der Waals surface area contributed by atoms with Gasteiger partial charge >= 0.3 is 0 Å². The first-order valence-electron chi connectivity index (χ1n) is 13.8. The quantitative estimate of drug-likeness (QED) is 0.328. The third kappa shape index (κ3) is 5.19. The van der Waals surface area contributed by atoms with Gasteiger partial charge in [-0.05, 0) is 91.9 Å². The Morgan fingerprint density at radius 1 is 1.00 bits per heavy atom. The fourth-order valence-electron chi connectivity index (χ4n) is 5.34. The van der Waals surface area contributed by atoms with Crippen molar-refractivity contribution < 1.29 is 14.3 Å².